The van der Waals surface area contributed by atoms with Crippen LogP contribution in [0, 0.1) is 0 Å². The number of hydrogen-bond donors (Lipinski definition) is 2. The Kier molecular flexibility index (Phi) is 7.67. The molecule has 0 saturated heterocycles. The van der Waals surface area contributed by atoms with E-state index >= 15 is 0 Å². The van der Waals surface area contributed by atoms with Crippen molar-refractivity contribution >= 4 is 5.96 Å². The van der Waals surface area contributed by atoms with Gasteiger partial charge in [0, 0.05) is 26.7 Å². The molecule has 5 nitrogen and oxygen atoms in total. The first kappa shape index (κ1) is 19.1. The molecule has 1 atom stereocenters. The third-order valence-corrected chi connectivity index (χ3v) is 2.81. The van der Waals surface area contributed by atoms with E-state index < -0.39 is 12.8 Å². The molecule has 8 heteroatoms. The van der Waals surface area contributed by atoms with Crippen molar-refractivity contribution in [1.29, 1.82) is 0 Å². The Morgan fingerprint density at radius 3 is 2.43 bits per heavy atom. The SMILES string of the molecule is CN=C(NCc1ccc(OCC(F)(F)F)cc1)NC(C)COC. The number of rotatable bonds is 7. The third-order valence-electron chi connectivity index (χ3n) is 2.81. The van der Waals surface area contributed by atoms with E-state index in [-0.39, 0.29) is 11.8 Å². The average Bonchev–Trinajstić information content (AvgIpc) is 2.50. The van der Waals surface area contributed by atoms with Gasteiger partial charge in [-0.05, 0) is 24.6 Å². The van der Waals surface area contributed by atoms with E-state index in [2.05, 4.69) is 20.4 Å². The van der Waals surface area contributed by atoms with Crippen LogP contribution in [0.4, 0.5) is 13.2 Å². The molecule has 0 aliphatic carbocycles. The number of halogens is 3. The van der Waals surface area contributed by atoms with Crippen molar-refractivity contribution in [2.45, 2.75) is 25.7 Å². The second kappa shape index (κ2) is 9.24. The van der Waals surface area contributed by atoms with Crippen molar-refractivity contribution in [3.63, 3.8) is 0 Å². The van der Waals surface area contributed by atoms with Crippen molar-refractivity contribution in [3.8, 4) is 5.75 Å². The first-order valence-electron chi connectivity index (χ1n) is 7.08. The summed E-state index contributed by atoms with van der Waals surface area (Å²) in [5, 5.41) is 6.26. The number of hydrogen-bond acceptors (Lipinski definition) is 3. The molecule has 0 spiro atoms. The highest BCUT2D eigenvalue weighted by Gasteiger charge is 2.28. The standard InChI is InChI=1S/C15H22F3N3O2/c1-11(9-22-3)21-14(19-2)20-8-12-4-6-13(7-5-12)23-10-15(16,17)18/h4-7,11H,8-10H2,1-3H3,(H2,19,20,21). The van der Waals surface area contributed by atoms with Gasteiger partial charge in [0.25, 0.3) is 0 Å². The molecule has 1 aromatic carbocycles. The topological polar surface area (TPSA) is 54.9 Å². The molecule has 0 bridgehead atoms. The van der Waals surface area contributed by atoms with Gasteiger partial charge in [0.2, 0.25) is 0 Å². The van der Waals surface area contributed by atoms with E-state index in [1.807, 2.05) is 6.92 Å². The first-order valence-corrected chi connectivity index (χ1v) is 7.08. The summed E-state index contributed by atoms with van der Waals surface area (Å²) < 4.78 is 45.9. The number of aliphatic imine (C=N–C) groups is 1. The van der Waals surface area contributed by atoms with Gasteiger partial charge in [-0.1, -0.05) is 12.1 Å². The van der Waals surface area contributed by atoms with E-state index in [0.29, 0.717) is 19.1 Å². The molecule has 0 fully saturated rings. The Bertz CT molecular complexity index is 490. The number of nitrogens with zero attached hydrogens (tertiary/aromatic N) is 1. The van der Waals surface area contributed by atoms with E-state index in [1.165, 1.54) is 12.1 Å². The molecule has 0 radical (unpaired) electrons. The zero-order valence-corrected chi connectivity index (χ0v) is 13.4. The van der Waals surface area contributed by atoms with Crippen LogP contribution in [0.2, 0.25) is 0 Å². The maximum Gasteiger partial charge on any atom is 0.422 e. The molecule has 1 rings (SSSR count). The van der Waals surface area contributed by atoms with Crippen molar-refractivity contribution in [1.82, 2.24) is 10.6 Å². The molecule has 0 aromatic heterocycles. The maximum atomic E-state index is 12.1. The molecule has 1 unspecified atom stereocenters. The highest BCUT2D eigenvalue weighted by molar-refractivity contribution is 5.79. The van der Waals surface area contributed by atoms with Crippen LogP contribution < -0.4 is 15.4 Å². The quantitative estimate of drug-likeness (QED) is 0.594. The van der Waals surface area contributed by atoms with Gasteiger partial charge in [-0.3, -0.25) is 4.99 Å². The summed E-state index contributed by atoms with van der Waals surface area (Å²) in [7, 11) is 3.28. The van der Waals surface area contributed by atoms with Gasteiger partial charge in [0.05, 0.1) is 6.61 Å². The van der Waals surface area contributed by atoms with Crippen molar-refractivity contribution in [3.05, 3.63) is 29.8 Å². The molecule has 0 heterocycles. The van der Waals surface area contributed by atoms with Gasteiger partial charge < -0.3 is 20.1 Å². The van der Waals surface area contributed by atoms with Gasteiger partial charge in [-0.25, -0.2) is 0 Å². The number of ether oxygens (including phenoxy) is 2. The molecule has 0 aliphatic rings. The van der Waals surface area contributed by atoms with Crippen molar-refractivity contribution in [2.24, 2.45) is 4.99 Å². The summed E-state index contributed by atoms with van der Waals surface area (Å²) in [5.74, 6) is 0.800. The molecule has 0 amide bonds. The van der Waals surface area contributed by atoms with Crippen LogP contribution in [0.3, 0.4) is 0 Å². The summed E-state index contributed by atoms with van der Waals surface area (Å²) in [6.07, 6.45) is -4.34. The second-order valence-electron chi connectivity index (χ2n) is 4.97. The lowest BCUT2D eigenvalue weighted by Gasteiger charge is -2.17. The van der Waals surface area contributed by atoms with Gasteiger partial charge in [0.15, 0.2) is 12.6 Å². The predicted octanol–water partition coefficient (Wildman–Crippen LogP) is 2.33. The number of guanidine groups is 1. The van der Waals surface area contributed by atoms with Crippen LogP contribution in [-0.2, 0) is 11.3 Å². The highest BCUT2D eigenvalue weighted by Crippen LogP contribution is 2.18. The lowest BCUT2D eigenvalue weighted by Crippen LogP contribution is -2.43. The van der Waals surface area contributed by atoms with Crippen LogP contribution in [0.5, 0.6) is 5.75 Å². The molecule has 130 valence electrons. The fraction of sp³-hybridized carbons (Fsp3) is 0.533. The molecule has 0 aliphatic heterocycles. The van der Waals surface area contributed by atoms with Crippen LogP contribution in [0.15, 0.2) is 29.3 Å². The lowest BCUT2D eigenvalue weighted by atomic mass is 10.2. The summed E-state index contributed by atoms with van der Waals surface area (Å²) in [6.45, 7) is 1.70. The van der Waals surface area contributed by atoms with Gasteiger partial charge >= 0.3 is 6.18 Å². The third kappa shape index (κ3) is 8.29. The summed E-state index contributed by atoms with van der Waals surface area (Å²) >= 11 is 0. The zero-order valence-electron chi connectivity index (χ0n) is 13.4. The van der Waals surface area contributed by atoms with Crippen LogP contribution in [0.25, 0.3) is 0 Å². The Morgan fingerprint density at radius 1 is 1.26 bits per heavy atom. The smallest absolute Gasteiger partial charge is 0.422 e. The summed E-state index contributed by atoms with van der Waals surface area (Å²) in [5.41, 5.74) is 0.895. The van der Waals surface area contributed by atoms with Gasteiger partial charge in [-0.2, -0.15) is 13.2 Å². The predicted molar refractivity (Wildman–Crippen MR) is 82.7 cm³/mol. The summed E-state index contributed by atoms with van der Waals surface area (Å²) in [6, 6.07) is 6.51. The highest BCUT2D eigenvalue weighted by atomic mass is 19.4. The molecule has 23 heavy (non-hydrogen) atoms. The Balaban J connectivity index is 2.45. The molecule has 2 N–H and O–H groups in total. The largest absolute Gasteiger partial charge is 0.484 e. The molecule has 0 saturated carbocycles. The van der Waals surface area contributed by atoms with Crippen LogP contribution in [-0.4, -0.2) is 45.5 Å². The number of alkyl halides is 3. The molecular weight excluding hydrogens is 311 g/mol. The van der Waals surface area contributed by atoms with E-state index in [0.717, 1.165) is 5.56 Å². The minimum atomic E-state index is -4.34. The zero-order chi connectivity index (χ0) is 17.3. The second-order valence-corrected chi connectivity index (χ2v) is 4.97. The van der Waals surface area contributed by atoms with E-state index in [9.17, 15) is 13.2 Å². The number of nitrogens with one attached hydrogen (secondary N) is 2. The van der Waals surface area contributed by atoms with Crippen molar-refractivity contribution in [2.75, 3.05) is 27.4 Å². The Hall–Kier alpha value is -1.96. The number of methoxy groups -OCH3 is 1. The Labute approximate surface area is 133 Å². The van der Waals surface area contributed by atoms with E-state index in [4.69, 9.17) is 4.74 Å². The minimum Gasteiger partial charge on any atom is -0.484 e. The normalized spacial score (nSPS) is 13.6. The van der Waals surface area contributed by atoms with E-state index in [1.54, 1.807) is 26.3 Å². The monoisotopic (exact) mass is 333 g/mol. The minimum absolute atomic E-state index is 0.101. The molecule has 1 aromatic rings. The first-order chi connectivity index (χ1) is 10.8. The van der Waals surface area contributed by atoms with Crippen LogP contribution >= 0.6 is 0 Å². The van der Waals surface area contributed by atoms with Gasteiger partial charge in [0.1, 0.15) is 5.75 Å². The average molecular weight is 333 g/mol. The fourth-order valence-corrected chi connectivity index (χ4v) is 1.77. The Morgan fingerprint density at radius 2 is 1.91 bits per heavy atom. The van der Waals surface area contributed by atoms with Crippen LogP contribution in [0.1, 0.15) is 12.5 Å². The van der Waals surface area contributed by atoms with Gasteiger partial charge in [-0.15, -0.1) is 0 Å². The lowest BCUT2D eigenvalue weighted by molar-refractivity contribution is -0.153. The summed E-state index contributed by atoms with van der Waals surface area (Å²) in [4.78, 5) is 4.09. The molecular formula is C15H22F3N3O2. The maximum absolute atomic E-state index is 12.1. The number of benzene rings is 1. The van der Waals surface area contributed by atoms with Crippen molar-refractivity contribution < 1.29 is 22.6 Å². The fourth-order valence-electron chi connectivity index (χ4n) is 1.77.